The summed E-state index contributed by atoms with van der Waals surface area (Å²) in [6, 6.07) is 0. The van der Waals surface area contributed by atoms with Gasteiger partial charge in [0.25, 0.3) is 0 Å². The maximum atomic E-state index is 11.0. The maximum absolute atomic E-state index is 11.0. The van der Waals surface area contributed by atoms with Crippen LogP contribution in [0.4, 0.5) is 24.9 Å². The first-order chi connectivity index (χ1) is 15.6. The highest BCUT2D eigenvalue weighted by Gasteiger charge is 2.38. The van der Waals surface area contributed by atoms with Gasteiger partial charge in [-0.15, -0.1) is 0 Å². The molecule has 1 aliphatic rings. The summed E-state index contributed by atoms with van der Waals surface area (Å²) in [5.41, 5.74) is 1.90. The first-order valence-electron chi connectivity index (χ1n) is 9.39. The number of carboxylic acids is 2. The number of morpholine rings is 1. The third-order valence-electron chi connectivity index (χ3n) is 4.30. The lowest BCUT2D eigenvalue weighted by atomic mass is 10.4. The van der Waals surface area contributed by atoms with E-state index in [0.29, 0.717) is 49.2 Å². The molecule has 0 saturated carbocycles. The van der Waals surface area contributed by atoms with E-state index in [1.165, 1.54) is 0 Å². The number of alkyl halides is 3. The Morgan fingerprint density at radius 1 is 1.21 bits per heavy atom. The highest BCUT2D eigenvalue weighted by Crippen LogP contribution is 2.25. The molecule has 4 heterocycles. The number of carbonyl (C=O) groups is 2. The van der Waals surface area contributed by atoms with Gasteiger partial charge in [-0.2, -0.15) is 28.2 Å². The van der Waals surface area contributed by atoms with E-state index in [1.54, 1.807) is 21.8 Å². The molecule has 1 fully saturated rings. The molecule has 0 amide bonds. The number of ether oxygens (including phenoxy) is 1. The van der Waals surface area contributed by atoms with Crippen LogP contribution in [0.2, 0.25) is 0 Å². The maximum Gasteiger partial charge on any atom is 0.490 e. The van der Waals surface area contributed by atoms with Crippen molar-refractivity contribution in [2.45, 2.75) is 6.18 Å². The molecule has 3 aromatic heterocycles. The number of imidazole rings is 1. The van der Waals surface area contributed by atoms with Crippen LogP contribution in [-0.4, -0.2) is 90.5 Å². The SMILES string of the molecule is Cn1cc(-n2cnc3c(NCC(=O)O)nc(N4CCOCC4)nc32)cn1.O=C(O)C(F)(F)F. The number of aryl methyl sites for hydroxylation is 1. The summed E-state index contributed by atoms with van der Waals surface area (Å²) in [6.07, 6.45) is 0.107. The predicted octanol–water partition coefficient (Wildman–Crippen LogP) is 0.515. The second-order valence-corrected chi connectivity index (χ2v) is 6.68. The second-order valence-electron chi connectivity index (χ2n) is 6.68. The zero-order valence-electron chi connectivity index (χ0n) is 17.2. The minimum atomic E-state index is -5.08. The lowest BCUT2D eigenvalue weighted by molar-refractivity contribution is -0.192. The van der Waals surface area contributed by atoms with Crippen LogP contribution < -0.4 is 10.2 Å². The van der Waals surface area contributed by atoms with E-state index in [1.807, 2.05) is 18.1 Å². The monoisotopic (exact) mass is 472 g/mol. The zero-order chi connectivity index (χ0) is 24.2. The van der Waals surface area contributed by atoms with Crippen molar-refractivity contribution in [1.82, 2.24) is 29.3 Å². The quantitative estimate of drug-likeness (QED) is 0.475. The minimum Gasteiger partial charge on any atom is -0.480 e. The molecular formula is C17H19F3N8O5. The summed E-state index contributed by atoms with van der Waals surface area (Å²) in [6.45, 7) is 2.28. The number of aliphatic carboxylic acids is 2. The fourth-order valence-corrected chi connectivity index (χ4v) is 2.80. The molecule has 13 nitrogen and oxygen atoms in total. The van der Waals surface area contributed by atoms with Crippen molar-refractivity contribution in [3.63, 3.8) is 0 Å². The first kappa shape index (κ1) is 23.7. The van der Waals surface area contributed by atoms with Crippen molar-refractivity contribution in [3.8, 4) is 5.69 Å². The molecule has 4 rings (SSSR count). The van der Waals surface area contributed by atoms with Crippen molar-refractivity contribution < 1.29 is 37.7 Å². The van der Waals surface area contributed by atoms with Gasteiger partial charge in [0.15, 0.2) is 17.0 Å². The summed E-state index contributed by atoms with van der Waals surface area (Å²) >= 11 is 0. The van der Waals surface area contributed by atoms with Crippen molar-refractivity contribution in [3.05, 3.63) is 18.7 Å². The Morgan fingerprint density at radius 3 is 2.42 bits per heavy atom. The average molecular weight is 472 g/mol. The molecule has 3 N–H and O–H groups in total. The Hall–Kier alpha value is -3.95. The topological polar surface area (TPSA) is 161 Å². The highest BCUT2D eigenvalue weighted by molar-refractivity contribution is 5.87. The van der Waals surface area contributed by atoms with Crippen LogP contribution in [0.25, 0.3) is 16.9 Å². The molecule has 0 aromatic carbocycles. The van der Waals surface area contributed by atoms with E-state index in [4.69, 9.17) is 19.7 Å². The Labute approximate surface area is 183 Å². The third kappa shape index (κ3) is 5.85. The number of aromatic nitrogens is 6. The van der Waals surface area contributed by atoms with E-state index >= 15 is 0 Å². The molecule has 0 unspecified atom stereocenters. The average Bonchev–Trinajstić information content (AvgIpc) is 3.38. The van der Waals surface area contributed by atoms with Crippen LogP contribution in [0.15, 0.2) is 18.7 Å². The van der Waals surface area contributed by atoms with E-state index in [-0.39, 0.29) is 6.54 Å². The van der Waals surface area contributed by atoms with Gasteiger partial charge in [0.1, 0.15) is 12.9 Å². The molecule has 1 aliphatic heterocycles. The molecular weight excluding hydrogens is 453 g/mol. The van der Waals surface area contributed by atoms with Gasteiger partial charge in [-0.25, -0.2) is 9.78 Å². The number of hydrogen-bond donors (Lipinski definition) is 3. The first-order valence-corrected chi connectivity index (χ1v) is 9.39. The minimum absolute atomic E-state index is 0.256. The lowest BCUT2D eigenvalue weighted by Gasteiger charge is -2.27. The predicted molar refractivity (Wildman–Crippen MR) is 106 cm³/mol. The Balaban J connectivity index is 0.000000383. The van der Waals surface area contributed by atoms with Gasteiger partial charge in [-0.3, -0.25) is 14.0 Å². The van der Waals surface area contributed by atoms with Crippen molar-refractivity contribution in [2.24, 2.45) is 7.05 Å². The summed E-state index contributed by atoms with van der Waals surface area (Å²) in [7, 11) is 1.83. The van der Waals surface area contributed by atoms with Crippen LogP contribution >= 0.6 is 0 Å². The van der Waals surface area contributed by atoms with Crippen LogP contribution in [0, 0.1) is 0 Å². The van der Waals surface area contributed by atoms with Gasteiger partial charge in [0.05, 0.1) is 25.1 Å². The highest BCUT2D eigenvalue weighted by atomic mass is 19.4. The molecule has 0 aliphatic carbocycles. The number of halogens is 3. The van der Waals surface area contributed by atoms with Crippen molar-refractivity contribution in [2.75, 3.05) is 43.1 Å². The van der Waals surface area contributed by atoms with Gasteiger partial charge >= 0.3 is 18.1 Å². The molecule has 0 spiro atoms. The van der Waals surface area contributed by atoms with Crippen LogP contribution in [0.1, 0.15) is 0 Å². The van der Waals surface area contributed by atoms with Crippen LogP contribution in [-0.2, 0) is 21.4 Å². The van der Waals surface area contributed by atoms with Crippen molar-refractivity contribution >= 4 is 34.9 Å². The smallest absolute Gasteiger partial charge is 0.480 e. The molecule has 178 valence electrons. The zero-order valence-corrected chi connectivity index (χ0v) is 17.2. The Morgan fingerprint density at radius 2 is 1.88 bits per heavy atom. The van der Waals surface area contributed by atoms with Gasteiger partial charge in [0, 0.05) is 26.3 Å². The molecule has 0 bridgehead atoms. The van der Waals surface area contributed by atoms with E-state index < -0.39 is 18.1 Å². The number of nitrogens with one attached hydrogen (secondary N) is 1. The number of anilines is 2. The summed E-state index contributed by atoms with van der Waals surface area (Å²) < 4.78 is 40.6. The molecule has 16 heteroatoms. The number of carboxylic acid groups (broad SMARTS) is 2. The van der Waals surface area contributed by atoms with E-state index in [9.17, 15) is 18.0 Å². The van der Waals surface area contributed by atoms with E-state index in [0.717, 1.165) is 5.69 Å². The molecule has 3 aromatic rings. The number of hydrogen-bond acceptors (Lipinski definition) is 9. The van der Waals surface area contributed by atoms with E-state index in [2.05, 4.69) is 25.4 Å². The fraction of sp³-hybridized carbons (Fsp3) is 0.412. The molecule has 1 saturated heterocycles. The summed E-state index contributed by atoms with van der Waals surface area (Å²) in [5.74, 6) is -2.83. The summed E-state index contributed by atoms with van der Waals surface area (Å²) in [4.78, 5) is 35.4. The second kappa shape index (κ2) is 9.68. The normalized spacial score (nSPS) is 14.0. The Bertz CT molecular complexity index is 1140. The van der Waals surface area contributed by atoms with Crippen LogP contribution in [0.5, 0.6) is 0 Å². The molecule has 0 radical (unpaired) electrons. The fourth-order valence-electron chi connectivity index (χ4n) is 2.80. The van der Waals surface area contributed by atoms with Gasteiger partial charge in [-0.1, -0.05) is 0 Å². The number of rotatable bonds is 5. The van der Waals surface area contributed by atoms with Gasteiger partial charge < -0.3 is 25.2 Å². The van der Waals surface area contributed by atoms with Crippen LogP contribution in [0.3, 0.4) is 0 Å². The largest absolute Gasteiger partial charge is 0.490 e. The summed E-state index contributed by atoms with van der Waals surface area (Å²) in [5, 5.41) is 23.1. The van der Waals surface area contributed by atoms with Gasteiger partial charge in [0.2, 0.25) is 5.95 Å². The standard InChI is InChI=1S/C15H18N8O3.C2HF3O2/c1-21-8-10(6-18-21)23-9-17-12-13(16-7-11(24)25)19-15(20-14(12)23)22-2-4-26-5-3-22;3-2(4,5)1(6)7/h6,8-9H,2-5,7H2,1H3,(H,24,25)(H,16,19,20);(H,6,7). The molecule has 33 heavy (non-hydrogen) atoms. The lowest BCUT2D eigenvalue weighted by Crippen LogP contribution is -2.37. The Kier molecular flexibility index (Phi) is 6.95. The molecule has 0 atom stereocenters. The van der Waals surface area contributed by atoms with Gasteiger partial charge in [-0.05, 0) is 0 Å². The number of fused-ring (bicyclic) bond motifs is 1. The third-order valence-corrected chi connectivity index (χ3v) is 4.30. The van der Waals surface area contributed by atoms with Crippen molar-refractivity contribution in [1.29, 1.82) is 0 Å². The number of nitrogens with zero attached hydrogens (tertiary/aromatic N) is 7.